The van der Waals surface area contributed by atoms with E-state index >= 15 is 0 Å². The largest absolute Gasteiger partial charge is 0.452 e. The molecule has 1 aliphatic heterocycles. The Morgan fingerprint density at radius 1 is 1.23 bits per heavy atom. The molecule has 3 aromatic rings. The van der Waals surface area contributed by atoms with E-state index in [2.05, 4.69) is 20.0 Å². The Morgan fingerprint density at radius 2 is 2.00 bits per heavy atom. The van der Waals surface area contributed by atoms with Crippen molar-refractivity contribution in [3.8, 4) is 0 Å². The first kappa shape index (κ1) is 20.3. The van der Waals surface area contributed by atoms with E-state index < -0.39 is 36.1 Å². The number of nitrogens with one attached hydrogen (secondary N) is 1. The van der Waals surface area contributed by atoms with Gasteiger partial charge in [-0.05, 0) is 37.3 Å². The minimum absolute atomic E-state index is 0.0767. The molecule has 0 saturated carbocycles. The number of aliphatic imine (C=N–C) groups is 1. The summed E-state index contributed by atoms with van der Waals surface area (Å²) < 4.78 is 64.3. The lowest BCUT2D eigenvalue weighted by Crippen LogP contribution is -2.46. The molecule has 158 valence electrons. The summed E-state index contributed by atoms with van der Waals surface area (Å²) in [6, 6.07) is 8.22. The van der Waals surface area contributed by atoms with Gasteiger partial charge < -0.3 is 20.2 Å². The van der Waals surface area contributed by atoms with Gasteiger partial charge in [-0.2, -0.15) is 18.2 Å². The number of anilines is 2. The molecule has 2 heterocycles. The Balaban J connectivity index is 1.68. The first-order chi connectivity index (χ1) is 14.0. The summed E-state index contributed by atoms with van der Waals surface area (Å²) >= 11 is 5.92. The third kappa shape index (κ3) is 3.87. The normalized spacial score (nSPS) is 21.9. The van der Waals surface area contributed by atoms with E-state index in [0.717, 1.165) is 6.07 Å². The fourth-order valence-corrected chi connectivity index (χ4v) is 3.47. The number of ether oxygens (including phenoxy) is 1. The first-order valence-electron chi connectivity index (χ1n) is 8.75. The Morgan fingerprint density at radius 3 is 2.73 bits per heavy atom. The summed E-state index contributed by atoms with van der Waals surface area (Å²) in [6.45, 7) is 1.37. The third-order valence-corrected chi connectivity index (χ3v) is 4.95. The Labute approximate surface area is 172 Å². The van der Waals surface area contributed by atoms with Crippen LogP contribution in [0.4, 0.5) is 29.3 Å². The van der Waals surface area contributed by atoms with Crippen LogP contribution in [0.2, 0.25) is 5.02 Å². The molecule has 3 N–H and O–H groups in total. The summed E-state index contributed by atoms with van der Waals surface area (Å²) in [5.74, 6) is -0.730. The molecule has 0 fully saturated rings. The van der Waals surface area contributed by atoms with Crippen LogP contribution < -0.4 is 11.1 Å². The third-order valence-electron chi connectivity index (χ3n) is 4.72. The van der Waals surface area contributed by atoms with Gasteiger partial charge in [0, 0.05) is 28.8 Å². The van der Waals surface area contributed by atoms with Crippen LogP contribution >= 0.6 is 11.6 Å². The van der Waals surface area contributed by atoms with Crippen molar-refractivity contribution in [1.29, 1.82) is 0 Å². The minimum Gasteiger partial charge on any atom is -0.452 e. The number of halogens is 5. The second-order valence-corrected chi connectivity index (χ2v) is 7.46. The number of oxazole rings is 1. The molecule has 6 nitrogen and oxygen atoms in total. The van der Waals surface area contributed by atoms with Crippen molar-refractivity contribution in [1.82, 2.24) is 4.98 Å². The molecule has 0 aliphatic carbocycles. The van der Waals surface area contributed by atoms with Crippen LogP contribution in [0, 0.1) is 5.82 Å². The van der Waals surface area contributed by atoms with Crippen molar-refractivity contribution in [3.63, 3.8) is 0 Å². The van der Waals surface area contributed by atoms with E-state index in [1.807, 2.05) is 0 Å². The predicted molar refractivity (Wildman–Crippen MR) is 103 cm³/mol. The van der Waals surface area contributed by atoms with Crippen molar-refractivity contribution in [2.24, 2.45) is 10.7 Å². The quantitative estimate of drug-likeness (QED) is 0.541. The molecule has 4 rings (SSSR count). The van der Waals surface area contributed by atoms with Crippen LogP contribution in [-0.2, 0) is 10.3 Å². The first-order valence-corrected chi connectivity index (χ1v) is 9.13. The monoisotopic (exact) mass is 442 g/mol. The molecule has 1 aromatic heterocycles. The molecule has 0 unspecified atom stereocenters. The van der Waals surface area contributed by atoms with E-state index in [1.165, 1.54) is 19.1 Å². The van der Waals surface area contributed by atoms with Crippen LogP contribution in [-0.4, -0.2) is 23.3 Å². The number of aromatic nitrogens is 1. The van der Waals surface area contributed by atoms with E-state index in [1.54, 1.807) is 18.2 Å². The van der Waals surface area contributed by atoms with Gasteiger partial charge >= 0.3 is 6.18 Å². The van der Waals surface area contributed by atoms with Gasteiger partial charge in [0.2, 0.25) is 0 Å². The maximum Gasteiger partial charge on any atom is 0.425 e. The molecule has 2 atom stereocenters. The molecule has 0 saturated heterocycles. The number of hydrogen-bond acceptors (Lipinski definition) is 6. The fraction of sp³-hybridized carbons (Fsp3) is 0.263. The lowest BCUT2D eigenvalue weighted by Gasteiger charge is -2.36. The van der Waals surface area contributed by atoms with Crippen LogP contribution in [0.3, 0.4) is 0 Å². The van der Waals surface area contributed by atoms with Crippen molar-refractivity contribution in [2.75, 3.05) is 5.32 Å². The van der Waals surface area contributed by atoms with Crippen molar-refractivity contribution < 1.29 is 26.7 Å². The Kier molecular flexibility index (Phi) is 4.76. The van der Waals surface area contributed by atoms with Crippen molar-refractivity contribution in [2.45, 2.75) is 31.2 Å². The topological polar surface area (TPSA) is 85.7 Å². The number of amidine groups is 1. The maximum atomic E-state index is 14.6. The van der Waals surface area contributed by atoms with Gasteiger partial charge in [0.25, 0.3) is 12.0 Å². The Bertz CT molecular complexity index is 1150. The fourth-order valence-electron chi connectivity index (χ4n) is 3.31. The lowest BCUT2D eigenvalue weighted by molar-refractivity contribution is -0.208. The van der Waals surface area contributed by atoms with Gasteiger partial charge in [0.05, 0.1) is 5.54 Å². The SMILES string of the molecule is C[C@]1(c2cc(Nc3nc4ccc(Cl)cc4o3)ccc2F)C[C@@H](C(F)(F)F)OC(N)=N1. The summed E-state index contributed by atoms with van der Waals surface area (Å²) in [4.78, 5) is 8.19. The summed E-state index contributed by atoms with van der Waals surface area (Å²) in [5, 5.41) is 3.34. The molecule has 0 radical (unpaired) electrons. The number of benzene rings is 2. The average molecular weight is 443 g/mol. The summed E-state index contributed by atoms with van der Waals surface area (Å²) in [5.41, 5.74) is 5.12. The summed E-state index contributed by atoms with van der Waals surface area (Å²) in [6.07, 6.45) is -7.50. The van der Waals surface area contributed by atoms with Crippen molar-refractivity contribution in [3.05, 3.63) is 52.8 Å². The van der Waals surface area contributed by atoms with Crippen LogP contribution in [0.5, 0.6) is 0 Å². The predicted octanol–water partition coefficient (Wildman–Crippen LogP) is 5.25. The van der Waals surface area contributed by atoms with Crippen LogP contribution in [0.25, 0.3) is 11.1 Å². The number of hydrogen-bond donors (Lipinski definition) is 2. The van der Waals surface area contributed by atoms with Gasteiger partial charge in [-0.1, -0.05) is 11.6 Å². The number of alkyl halides is 3. The number of nitrogens with zero attached hydrogens (tertiary/aromatic N) is 2. The van der Waals surface area contributed by atoms with Crippen molar-refractivity contribution >= 4 is 40.4 Å². The molecule has 0 bridgehead atoms. The smallest absolute Gasteiger partial charge is 0.425 e. The highest BCUT2D eigenvalue weighted by molar-refractivity contribution is 6.31. The van der Waals surface area contributed by atoms with Gasteiger partial charge in [0.15, 0.2) is 11.7 Å². The molecular formula is C19H15ClF4N4O2. The maximum absolute atomic E-state index is 14.6. The zero-order valence-electron chi connectivity index (χ0n) is 15.4. The molecule has 30 heavy (non-hydrogen) atoms. The highest BCUT2D eigenvalue weighted by atomic mass is 35.5. The highest BCUT2D eigenvalue weighted by Gasteiger charge is 2.50. The van der Waals surface area contributed by atoms with Crippen LogP contribution in [0.15, 0.2) is 45.8 Å². The average Bonchev–Trinajstić information content (AvgIpc) is 3.03. The standard InChI is InChI=1S/C19H15ClF4N4O2/c1-18(8-15(19(22,23)24)30-16(25)28-18)11-7-10(3-4-12(11)21)26-17-27-13-5-2-9(20)6-14(13)29-17/h2-7,15H,8H2,1H3,(H2,25,28)(H,26,27)/t15-,18+/m0/s1. The molecule has 2 aromatic carbocycles. The molecular weight excluding hydrogens is 428 g/mol. The van der Waals surface area contributed by atoms with Gasteiger partial charge in [-0.25, -0.2) is 9.38 Å². The Hall–Kier alpha value is -3.01. The zero-order chi connectivity index (χ0) is 21.7. The number of rotatable bonds is 3. The van der Waals surface area contributed by atoms with Gasteiger partial charge in [-0.15, -0.1) is 0 Å². The lowest BCUT2D eigenvalue weighted by atomic mass is 9.85. The minimum atomic E-state index is -4.67. The molecule has 0 amide bonds. The highest BCUT2D eigenvalue weighted by Crippen LogP contribution is 2.41. The number of fused-ring (bicyclic) bond motifs is 1. The van der Waals surface area contributed by atoms with E-state index in [-0.39, 0.29) is 11.6 Å². The summed E-state index contributed by atoms with van der Waals surface area (Å²) in [7, 11) is 0. The second-order valence-electron chi connectivity index (χ2n) is 7.03. The molecule has 11 heteroatoms. The van der Waals surface area contributed by atoms with E-state index in [0.29, 0.717) is 21.8 Å². The van der Waals surface area contributed by atoms with E-state index in [9.17, 15) is 17.6 Å². The van der Waals surface area contributed by atoms with Crippen LogP contribution in [0.1, 0.15) is 18.9 Å². The number of nitrogens with two attached hydrogens (primary N) is 1. The zero-order valence-corrected chi connectivity index (χ0v) is 16.2. The molecule has 0 spiro atoms. The van der Waals surface area contributed by atoms with Gasteiger partial charge in [0.1, 0.15) is 11.3 Å². The van der Waals surface area contributed by atoms with Gasteiger partial charge in [-0.3, -0.25) is 0 Å². The molecule has 1 aliphatic rings. The second kappa shape index (κ2) is 7.05. The van der Waals surface area contributed by atoms with E-state index in [4.69, 9.17) is 21.8 Å².